The summed E-state index contributed by atoms with van der Waals surface area (Å²) in [5.41, 5.74) is 2.36. The summed E-state index contributed by atoms with van der Waals surface area (Å²) in [6.07, 6.45) is 15.0. The SMILES string of the molecule is C=CC(=O)N1CC(N/C(N=CC)=C(\C=C/CC)C(/C)=C/CCC)CCC1C. The Kier molecular flexibility index (Phi) is 10.5. The van der Waals surface area contributed by atoms with E-state index in [0.717, 1.165) is 43.5 Å². The molecule has 1 heterocycles. The number of piperidine rings is 1. The van der Waals surface area contributed by atoms with Crippen LogP contribution in [0.3, 0.4) is 0 Å². The number of carbonyl (C=O) groups is 1. The minimum absolute atomic E-state index is 0.00338. The van der Waals surface area contributed by atoms with E-state index in [2.05, 4.69) is 62.8 Å². The van der Waals surface area contributed by atoms with E-state index in [1.165, 1.54) is 11.6 Å². The summed E-state index contributed by atoms with van der Waals surface area (Å²) in [6.45, 7) is 14.8. The van der Waals surface area contributed by atoms with E-state index in [4.69, 9.17) is 0 Å². The Morgan fingerprint density at radius 2 is 2.07 bits per heavy atom. The smallest absolute Gasteiger partial charge is 0.246 e. The van der Waals surface area contributed by atoms with Gasteiger partial charge in [-0.25, -0.2) is 4.99 Å². The molecule has 0 aromatic carbocycles. The average molecular weight is 372 g/mol. The van der Waals surface area contributed by atoms with Gasteiger partial charge in [0.25, 0.3) is 0 Å². The van der Waals surface area contributed by atoms with E-state index in [0.29, 0.717) is 6.54 Å². The molecule has 150 valence electrons. The maximum absolute atomic E-state index is 12.2. The Labute approximate surface area is 165 Å². The van der Waals surface area contributed by atoms with Crippen LogP contribution in [0.25, 0.3) is 0 Å². The fourth-order valence-electron chi connectivity index (χ4n) is 3.26. The molecule has 0 radical (unpaired) electrons. The number of unbranched alkanes of at least 4 members (excludes halogenated alkanes) is 1. The van der Waals surface area contributed by atoms with Crippen molar-refractivity contribution in [1.29, 1.82) is 0 Å². The normalized spacial score (nSPS) is 22.3. The van der Waals surface area contributed by atoms with E-state index < -0.39 is 0 Å². The number of nitrogens with zero attached hydrogens (tertiary/aromatic N) is 2. The zero-order chi connectivity index (χ0) is 20.2. The van der Waals surface area contributed by atoms with Gasteiger partial charge in [-0.15, -0.1) is 0 Å². The van der Waals surface area contributed by atoms with E-state index in [1.807, 2.05) is 18.0 Å². The highest BCUT2D eigenvalue weighted by molar-refractivity contribution is 5.87. The third kappa shape index (κ3) is 7.20. The molecule has 2 atom stereocenters. The molecule has 0 saturated carbocycles. The Morgan fingerprint density at radius 1 is 1.33 bits per heavy atom. The Bertz CT molecular complexity index is 613. The second-order valence-electron chi connectivity index (χ2n) is 7.10. The number of likely N-dealkylation sites (tertiary alicyclic amines) is 1. The molecule has 1 N–H and O–H groups in total. The maximum atomic E-state index is 12.2. The lowest BCUT2D eigenvalue weighted by atomic mass is 9.98. The molecule has 4 nitrogen and oxygen atoms in total. The van der Waals surface area contributed by atoms with E-state index in [1.54, 1.807) is 0 Å². The number of hydrogen-bond acceptors (Lipinski definition) is 3. The van der Waals surface area contributed by atoms with Crippen LogP contribution in [0, 0.1) is 0 Å². The number of hydrogen-bond donors (Lipinski definition) is 1. The van der Waals surface area contributed by atoms with Crippen LogP contribution in [0.5, 0.6) is 0 Å². The number of rotatable bonds is 9. The monoisotopic (exact) mass is 371 g/mol. The first-order valence-corrected chi connectivity index (χ1v) is 10.2. The van der Waals surface area contributed by atoms with Crippen molar-refractivity contribution in [3.05, 3.63) is 47.9 Å². The summed E-state index contributed by atoms with van der Waals surface area (Å²) in [4.78, 5) is 18.7. The summed E-state index contributed by atoms with van der Waals surface area (Å²) in [7, 11) is 0. The van der Waals surface area contributed by atoms with Gasteiger partial charge in [0.1, 0.15) is 5.82 Å². The van der Waals surface area contributed by atoms with E-state index >= 15 is 0 Å². The van der Waals surface area contributed by atoms with Crippen LogP contribution in [0.4, 0.5) is 0 Å². The summed E-state index contributed by atoms with van der Waals surface area (Å²) >= 11 is 0. The van der Waals surface area contributed by atoms with Gasteiger partial charge in [0, 0.05) is 30.4 Å². The largest absolute Gasteiger partial charge is 0.365 e. The highest BCUT2D eigenvalue weighted by Gasteiger charge is 2.28. The van der Waals surface area contributed by atoms with Gasteiger partial charge >= 0.3 is 0 Å². The Balaban J connectivity index is 3.15. The molecule has 27 heavy (non-hydrogen) atoms. The average Bonchev–Trinajstić information content (AvgIpc) is 2.67. The zero-order valence-electron chi connectivity index (χ0n) is 17.8. The standard InChI is InChI=1S/C23H37N3O/c1-7-11-13-18(5)21(14-12-8-2)23(24-10-4)25-20-16-15-19(6)26(17-20)22(27)9-3/h9-10,12-14,19-20,25H,3,7-8,11,15-17H2,1-2,4-6H3/b14-12-,18-13+,23-21+,24-10?. The molecule has 1 saturated heterocycles. The third-order valence-corrected chi connectivity index (χ3v) is 4.88. The molecule has 0 aromatic heterocycles. The molecular formula is C23H37N3O. The van der Waals surface area contributed by atoms with Crippen LogP contribution in [0.15, 0.2) is 52.8 Å². The summed E-state index contributed by atoms with van der Waals surface area (Å²) in [5, 5.41) is 3.61. The summed E-state index contributed by atoms with van der Waals surface area (Å²) in [6, 6.07) is 0.439. The molecule has 0 aromatic rings. The number of nitrogens with one attached hydrogen (secondary N) is 1. The van der Waals surface area contributed by atoms with Crippen molar-refractivity contribution in [2.45, 2.75) is 78.8 Å². The third-order valence-electron chi connectivity index (χ3n) is 4.88. The molecule has 1 amide bonds. The van der Waals surface area contributed by atoms with Gasteiger partial charge in [0.2, 0.25) is 5.91 Å². The van der Waals surface area contributed by atoms with E-state index in [9.17, 15) is 4.79 Å². The molecule has 0 spiro atoms. The number of allylic oxidation sites excluding steroid dienone is 5. The van der Waals surface area contributed by atoms with Crippen molar-refractivity contribution in [3.8, 4) is 0 Å². The fraction of sp³-hybridized carbons (Fsp3) is 0.565. The Morgan fingerprint density at radius 3 is 2.67 bits per heavy atom. The van der Waals surface area contributed by atoms with Crippen molar-refractivity contribution >= 4 is 12.1 Å². The van der Waals surface area contributed by atoms with Gasteiger partial charge in [-0.05, 0) is 58.1 Å². The molecule has 2 unspecified atom stereocenters. The van der Waals surface area contributed by atoms with Crippen LogP contribution in [0.2, 0.25) is 0 Å². The van der Waals surface area contributed by atoms with Crippen molar-refractivity contribution in [2.24, 2.45) is 4.99 Å². The molecule has 1 rings (SSSR count). The number of amides is 1. The van der Waals surface area contributed by atoms with Crippen LogP contribution in [0.1, 0.15) is 66.7 Å². The van der Waals surface area contributed by atoms with Crippen molar-refractivity contribution in [2.75, 3.05) is 6.54 Å². The zero-order valence-corrected chi connectivity index (χ0v) is 17.8. The molecule has 1 fully saturated rings. The second-order valence-corrected chi connectivity index (χ2v) is 7.10. The highest BCUT2D eigenvalue weighted by atomic mass is 16.2. The van der Waals surface area contributed by atoms with Crippen molar-refractivity contribution in [1.82, 2.24) is 10.2 Å². The number of carbonyl (C=O) groups excluding carboxylic acids is 1. The quantitative estimate of drug-likeness (QED) is 0.346. The second kappa shape index (κ2) is 12.3. The lowest BCUT2D eigenvalue weighted by Crippen LogP contribution is -2.51. The van der Waals surface area contributed by atoms with E-state index in [-0.39, 0.29) is 18.0 Å². The van der Waals surface area contributed by atoms with Crippen LogP contribution in [-0.2, 0) is 4.79 Å². The molecule has 4 heteroatoms. The molecule has 1 aliphatic heterocycles. The minimum Gasteiger partial charge on any atom is -0.365 e. The van der Waals surface area contributed by atoms with Gasteiger partial charge in [-0.3, -0.25) is 4.79 Å². The van der Waals surface area contributed by atoms with Crippen LogP contribution < -0.4 is 5.32 Å². The molecule has 0 bridgehead atoms. The summed E-state index contributed by atoms with van der Waals surface area (Å²) < 4.78 is 0. The fourth-order valence-corrected chi connectivity index (χ4v) is 3.26. The first-order valence-electron chi connectivity index (χ1n) is 10.2. The van der Waals surface area contributed by atoms with Gasteiger partial charge in [0.05, 0.1) is 0 Å². The van der Waals surface area contributed by atoms with Gasteiger partial charge < -0.3 is 10.2 Å². The van der Waals surface area contributed by atoms with Gasteiger partial charge in [-0.2, -0.15) is 0 Å². The lowest BCUT2D eigenvalue weighted by Gasteiger charge is -2.38. The van der Waals surface area contributed by atoms with Gasteiger partial charge in [0.15, 0.2) is 0 Å². The maximum Gasteiger partial charge on any atom is 0.246 e. The lowest BCUT2D eigenvalue weighted by molar-refractivity contribution is -0.129. The van der Waals surface area contributed by atoms with Crippen LogP contribution in [-0.4, -0.2) is 35.7 Å². The Hall–Kier alpha value is -2.10. The first kappa shape index (κ1) is 22.9. The first-order chi connectivity index (χ1) is 13.0. The molecular weight excluding hydrogens is 334 g/mol. The molecule has 0 aliphatic carbocycles. The van der Waals surface area contributed by atoms with Crippen molar-refractivity contribution in [3.63, 3.8) is 0 Å². The highest BCUT2D eigenvalue weighted by Crippen LogP contribution is 2.22. The van der Waals surface area contributed by atoms with Crippen LogP contribution >= 0.6 is 0 Å². The predicted octanol–water partition coefficient (Wildman–Crippen LogP) is 5.16. The van der Waals surface area contributed by atoms with Crippen molar-refractivity contribution < 1.29 is 4.79 Å². The van der Waals surface area contributed by atoms with Gasteiger partial charge in [-0.1, -0.05) is 45.1 Å². The predicted molar refractivity (Wildman–Crippen MR) is 117 cm³/mol. The minimum atomic E-state index is 0.00338. The summed E-state index contributed by atoms with van der Waals surface area (Å²) in [5.74, 6) is 0.890. The topological polar surface area (TPSA) is 44.7 Å². The number of aliphatic imine (C=N–C) groups is 1. The molecule has 1 aliphatic rings.